The van der Waals surface area contributed by atoms with Crippen molar-refractivity contribution in [3.8, 4) is 0 Å². The summed E-state index contributed by atoms with van der Waals surface area (Å²) in [7, 11) is 0. The van der Waals surface area contributed by atoms with E-state index < -0.39 is 18.0 Å². The molecule has 0 bridgehead atoms. The van der Waals surface area contributed by atoms with Crippen molar-refractivity contribution in [2.24, 2.45) is 5.73 Å². The fraction of sp³-hybridized carbons (Fsp3) is 0.600. The minimum absolute atomic E-state index is 0. The molecule has 0 aliphatic rings. The molecule has 11 heavy (non-hydrogen) atoms. The molecule has 1 atom stereocenters. The second-order valence-electron chi connectivity index (χ2n) is 1.86. The summed E-state index contributed by atoms with van der Waals surface area (Å²) in [4.78, 5) is 19.7. The Morgan fingerprint density at radius 2 is 2.00 bits per heavy atom. The van der Waals surface area contributed by atoms with E-state index in [4.69, 9.17) is 10.8 Å². The fourth-order valence-electron chi connectivity index (χ4n) is 0.397. The van der Waals surface area contributed by atoms with E-state index in [1.807, 2.05) is 0 Å². The van der Waals surface area contributed by atoms with Gasteiger partial charge in [-0.1, -0.05) is 0 Å². The Kier molecular flexibility index (Phi) is 7.65. The summed E-state index contributed by atoms with van der Waals surface area (Å²) < 4.78 is 0. The van der Waals surface area contributed by atoms with Crippen LogP contribution < -0.4 is 10.8 Å². The molecule has 3 N–H and O–H groups in total. The first-order valence-electron chi connectivity index (χ1n) is 2.72. The number of carboxylic acid groups (broad SMARTS) is 2. The molecule has 0 radical (unpaired) electrons. The van der Waals surface area contributed by atoms with Gasteiger partial charge in [-0.3, -0.25) is 4.79 Å². The predicted molar refractivity (Wildman–Crippen MR) is 29.9 cm³/mol. The minimum Gasteiger partial charge on any atom is -0.548 e. The first-order chi connectivity index (χ1) is 4.54. The zero-order valence-corrected chi connectivity index (χ0v) is 7.02. The first kappa shape index (κ1) is 13.2. The van der Waals surface area contributed by atoms with Crippen molar-refractivity contribution in [3.63, 3.8) is 0 Å². The number of carbonyl (C=O) groups is 2. The smallest absolute Gasteiger partial charge is 0.548 e. The van der Waals surface area contributed by atoms with Crippen LogP contribution in [0.25, 0.3) is 0 Å². The Hall–Kier alpha value is -0.360. The molecule has 68 valence electrons. The van der Waals surface area contributed by atoms with E-state index in [-0.39, 0.29) is 35.2 Å². The zero-order chi connectivity index (χ0) is 8.15. The number of carboxylic acids is 2. The molecule has 0 aromatic heterocycles. The van der Waals surface area contributed by atoms with Crippen molar-refractivity contribution < 1.29 is 42.2 Å². The molecule has 0 amide bonds. The molecule has 5 nitrogen and oxygen atoms in total. The van der Waals surface area contributed by atoms with E-state index in [1.54, 1.807) is 0 Å². The Bertz CT molecular complexity index is 149. The largest absolute Gasteiger partial charge is 1.00 e. The molecule has 0 aromatic carbocycles. The van der Waals surface area contributed by atoms with Gasteiger partial charge in [0.25, 0.3) is 0 Å². The van der Waals surface area contributed by atoms with Gasteiger partial charge in [-0.2, -0.15) is 0 Å². The topological polar surface area (TPSA) is 103 Å². The number of hydrogen-bond donors (Lipinski definition) is 2. The average molecular weight is 254 g/mol. The molecule has 0 unspecified atom stereocenters. The van der Waals surface area contributed by atoms with E-state index in [0.29, 0.717) is 0 Å². The summed E-state index contributed by atoms with van der Waals surface area (Å²) in [6.07, 6.45) is -0.327. The zero-order valence-electron chi connectivity index (χ0n) is 5.54. The van der Waals surface area contributed by atoms with E-state index in [1.165, 1.54) is 0 Å². The van der Waals surface area contributed by atoms with Crippen LogP contribution >= 0.6 is 0 Å². The molecule has 0 heterocycles. The second kappa shape index (κ2) is 6.36. The van der Waals surface area contributed by atoms with Crippen LogP contribution in [0.2, 0.25) is 0 Å². The van der Waals surface area contributed by atoms with Crippen LogP contribution in [0.3, 0.4) is 0 Å². The average Bonchev–Trinajstić information content (AvgIpc) is 1.82. The van der Waals surface area contributed by atoms with Crippen LogP contribution in [0.4, 0.5) is 0 Å². The van der Waals surface area contributed by atoms with Crippen molar-refractivity contribution in [1.29, 1.82) is 0 Å². The Morgan fingerprint density at radius 1 is 1.55 bits per heavy atom. The van der Waals surface area contributed by atoms with Gasteiger partial charge >= 0.3 is 28.3 Å². The molecule has 0 spiro atoms. The van der Waals surface area contributed by atoms with Gasteiger partial charge in [0.2, 0.25) is 0 Å². The molecule has 0 fully saturated rings. The van der Waals surface area contributed by atoms with Gasteiger partial charge in [0.1, 0.15) is 0 Å². The van der Waals surface area contributed by atoms with Gasteiger partial charge < -0.3 is 20.7 Å². The molecular weight excluding hydrogens is 246 g/mol. The Morgan fingerprint density at radius 3 is 2.27 bits per heavy atom. The molecule has 0 saturated carbocycles. The fourth-order valence-corrected chi connectivity index (χ4v) is 0.397. The summed E-state index contributed by atoms with van der Waals surface area (Å²) >= 11 is 0. The van der Waals surface area contributed by atoms with Crippen molar-refractivity contribution in [1.82, 2.24) is 0 Å². The van der Waals surface area contributed by atoms with Crippen molar-refractivity contribution in [2.45, 2.75) is 18.9 Å². The monoisotopic (exact) mass is 253 g/mol. The van der Waals surface area contributed by atoms with Crippen molar-refractivity contribution >= 4 is 11.9 Å². The van der Waals surface area contributed by atoms with Crippen molar-refractivity contribution in [2.75, 3.05) is 0 Å². The van der Waals surface area contributed by atoms with E-state index >= 15 is 0 Å². The maximum Gasteiger partial charge on any atom is 1.00 e. The van der Waals surface area contributed by atoms with Gasteiger partial charge in [0.05, 0.1) is 5.97 Å². The standard InChI is InChI=1S/C5H9NO4.Ag/c6-3(5(9)10)1-2-4(7)8;/h3H,1-2,6H2,(H,7,8)(H,9,10);/q;+1/p-1/t3-;/m0./s1. The summed E-state index contributed by atoms with van der Waals surface area (Å²) in [5.41, 5.74) is 4.94. The van der Waals surface area contributed by atoms with Gasteiger partial charge in [0, 0.05) is 12.5 Å². The van der Waals surface area contributed by atoms with Crippen LogP contribution in [0.1, 0.15) is 12.8 Å². The summed E-state index contributed by atoms with van der Waals surface area (Å²) in [5.74, 6) is -2.47. The summed E-state index contributed by atoms with van der Waals surface area (Å²) in [6.45, 7) is 0. The third kappa shape index (κ3) is 7.54. The predicted octanol–water partition coefficient (Wildman–Crippen LogP) is -2.07. The summed E-state index contributed by atoms with van der Waals surface area (Å²) in [6, 6.07) is -1.17. The number of hydrogen-bond acceptors (Lipinski definition) is 4. The number of nitrogens with two attached hydrogens (primary N) is 1. The second-order valence-corrected chi connectivity index (χ2v) is 1.86. The molecule has 0 rings (SSSR count). The van der Waals surface area contributed by atoms with Gasteiger partial charge in [-0.15, -0.1) is 0 Å². The van der Waals surface area contributed by atoms with Crippen LogP contribution in [0.5, 0.6) is 0 Å². The first-order valence-corrected chi connectivity index (χ1v) is 2.72. The van der Waals surface area contributed by atoms with E-state index in [9.17, 15) is 14.7 Å². The van der Waals surface area contributed by atoms with Crippen LogP contribution in [-0.2, 0) is 32.0 Å². The van der Waals surface area contributed by atoms with Crippen LogP contribution in [0.15, 0.2) is 0 Å². The molecule has 6 heteroatoms. The van der Waals surface area contributed by atoms with E-state index in [0.717, 1.165) is 0 Å². The van der Waals surface area contributed by atoms with Crippen LogP contribution in [0, 0.1) is 0 Å². The van der Waals surface area contributed by atoms with Crippen LogP contribution in [-0.4, -0.2) is 23.1 Å². The Labute approximate surface area is 79.1 Å². The number of rotatable bonds is 4. The maximum atomic E-state index is 9.88. The SMILES string of the molecule is N[C@@H](CCC(=O)O)C(=O)[O-].[Ag+]. The summed E-state index contributed by atoms with van der Waals surface area (Å²) in [5, 5.41) is 18.0. The maximum absolute atomic E-state index is 9.88. The molecule has 0 saturated heterocycles. The molecular formula is C5H8AgNO4. The van der Waals surface area contributed by atoms with Gasteiger partial charge in [-0.25, -0.2) is 0 Å². The molecule has 0 aliphatic carbocycles. The normalized spacial score (nSPS) is 11.4. The van der Waals surface area contributed by atoms with Crippen molar-refractivity contribution in [3.05, 3.63) is 0 Å². The minimum atomic E-state index is -1.42. The van der Waals surface area contributed by atoms with Gasteiger partial charge in [-0.05, 0) is 6.42 Å². The third-order valence-electron chi connectivity index (χ3n) is 0.972. The van der Waals surface area contributed by atoms with E-state index in [2.05, 4.69) is 0 Å². The third-order valence-corrected chi connectivity index (χ3v) is 0.972. The number of carbonyl (C=O) groups excluding carboxylic acids is 1. The molecule has 0 aliphatic heterocycles. The van der Waals surface area contributed by atoms with Gasteiger partial charge in [0.15, 0.2) is 0 Å². The quantitative estimate of drug-likeness (QED) is 0.560. The molecule has 0 aromatic rings. The Balaban J connectivity index is 0. The number of aliphatic carboxylic acids is 2.